The molecule has 0 amide bonds. The molecule has 0 aromatic carbocycles. The van der Waals surface area contributed by atoms with Gasteiger partial charge in [0.05, 0.1) is 21.1 Å². The van der Waals surface area contributed by atoms with E-state index in [-0.39, 0.29) is 5.92 Å². The molecule has 2 aromatic rings. The Hall–Kier alpha value is -1.64. The summed E-state index contributed by atoms with van der Waals surface area (Å²) in [6.45, 7) is 3.94. The van der Waals surface area contributed by atoms with Crippen LogP contribution in [0.4, 0.5) is 0 Å². The van der Waals surface area contributed by atoms with Crippen LogP contribution in [0.2, 0.25) is 10.0 Å². The van der Waals surface area contributed by atoms with Gasteiger partial charge in [-0.2, -0.15) is 0 Å². The van der Waals surface area contributed by atoms with Gasteiger partial charge in [0, 0.05) is 28.1 Å². The average molecular weight is 329 g/mol. The summed E-state index contributed by atoms with van der Waals surface area (Å²) in [7, 11) is 0. The zero-order valence-electron chi connectivity index (χ0n) is 12.3. The molecule has 0 radical (unpaired) electrons. The largest absolute Gasteiger partial charge is 0.257 e. The van der Waals surface area contributed by atoms with E-state index in [1.165, 1.54) is 5.57 Å². The second-order valence-electron chi connectivity index (χ2n) is 5.83. The van der Waals surface area contributed by atoms with Crippen molar-refractivity contribution in [1.29, 1.82) is 0 Å². The van der Waals surface area contributed by atoms with Gasteiger partial charge in [-0.1, -0.05) is 41.4 Å². The van der Waals surface area contributed by atoms with E-state index in [1.807, 2.05) is 32.1 Å². The second-order valence-corrected chi connectivity index (χ2v) is 6.65. The van der Waals surface area contributed by atoms with Gasteiger partial charge in [0.1, 0.15) is 0 Å². The fourth-order valence-electron chi connectivity index (χ4n) is 3.31. The molecule has 4 heteroatoms. The number of aromatic nitrogens is 2. The van der Waals surface area contributed by atoms with Crippen LogP contribution in [0.25, 0.3) is 17.7 Å². The highest BCUT2D eigenvalue weighted by atomic mass is 35.5. The molecule has 0 bridgehead atoms. The molecule has 0 saturated heterocycles. The first-order chi connectivity index (χ1) is 10.5. The number of allylic oxidation sites excluding steroid dienone is 1. The molecule has 0 fully saturated rings. The Bertz CT molecular complexity index is 958. The lowest BCUT2D eigenvalue weighted by molar-refractivity contribution is 0.829. The normalized spacial score (nSPS) is 18.4. The first-order valence-corrected chi connectivity index (χ1v) is 8.03. The third kappa shape index (κ3) is 2.02. The zero-order chi connectivity index (χ0) is 15.4. The lowest BCUT2D eigenvalue weighted by Crippen LogP contribution is -2.37. The van der Waals surface area contributed by atoms with Crippen LogP contribution in [0.1, 0.15) is 35.0 Å². The van der Waals surface area contributed by atoms with Crippen molar-refractivity contribution in [2.24, 2.45) is 0 Å². The van der Waals surface area contributed by atoms with Crippen molar-refractivity contribution in [3.8, 4) is 0 Å². The highest BCUT2D eigenvalue weighted by molar-refractivity contribution is 6.32. The van der Waals surface area contributed by atoms with Crippen LogP contribution in [-0.4, -0.2) is 9.97 Å². The van der Waals surface area contributed by atoms with Gasteiger partial charge in [-0.3, -0.25) is 9.97 Å². The Morgan fingerprint density at radius 2 is 1.73 bits per heavy atom. The summed E-state index contributed by atoms with van der Waals surface area (Å²) in [5.74, 6) is 0.204. The fourth-order valence-corrected chi connectivity index (χ4v) is 3.95. The van der Waals surface area contributed by atoms with E-state index >= 15 is 0 Å². The van der Waals surface area contributed by atoms with Crippen molar-refractivity contribution >= 4 is 40.9 Å². The number of hydrogen-bond acceptors (Lipinski definition) is 2. The SMILES string of the molecule is Cc1cc(Cl)c2c(n1)C1CC=c3c(Cl)cc(C)nc3=C1C=C2. The minimum absolute atomic E-state index is 0.204. The molecule has 0 spiro atoms. The number of nitrogens with zero attached hydrogens (tertiary/aromatic N) is 2. The monoisotopic (exact) mass is 328 g/mol. The minimum atomic E-state index is 0.204. The van der Waals surface area contributed by atoms with Crippen LogP contribution in [0.3, 0.4) is 0 Å². The predicted molar refractivity (Wildman–Crippen MR) is 91.5 cm³/mol. The predicted octanol–water partition coefficient (Wildman–Crippen LogP) is 3.55. The molecule has 4 rings (SSSR count). The van der Waals surface area contributed by atoms with E-state index in [1.54, 1.807) is 0 Å². The molecule has 0 N–H and O–H groups in total. The molecular formula is C18H14Cl2N2. The molecule has 0 saturated carbocycles. The van der Waals surface area contributed by atoms with Gasteiger partial charge in [0.15, 0.2) is 0 Å². The first-order valence-electron chi connectivity index (χ1n) is 7.27. The lowest BCUT2D eigenvalue weighted by atomic mass is 9.81. The standard InChI is InChI=1S/C18H14Cl2N2/c1-9-7-15(19)13-5-4-12-11(17(13)21-9)3-6-14-16(20)8-10(2)22-18(12)14/h3,5-8,12H,4H2,1-2H3. The minimum Gasteiger partial charge on any atom is -0.257 e. The zero-order valence-corrected chi connectivity index (χ0v) is 13.8. The van der Waals surface area contributed by atoms with Gasteiger partial charge >= 0.3 is 0 Å². The van der Waals surface area contributed by atoms with Gasteiger partial charge in [-0.25, -0.2) is 0 Å². The summed E-state index contributed by atoms with van der Waals surface area (Å²) in [4.78, 5) is 9.45. The molecule has 0 aliphatic heterocycles. The summed E-state index contributed by atoms with van der Waals surface area (Å²) in [5, 5.41) is 3.54. The molecule has 22 heavy (non-hydrogen) atoms. The van der Waals surface area contributed by atoms with Crippen LogP contribution < -0.4 is 10.6 Å². The van der Waals surface area contributed by atoms with Crippen molar-refractivity contribution in [3.63, 3.8) is 0 Å². The van der Waals surface area contributed by atoms with E-state index in [2.05, 4.69) is 12.2 Å². The summed E-state index contributed by atoms with van der Waals surface area (Å²) in [6, 6.07) is 3.83. The van der Waals surface area contributed by atoms with E-state index in [9.17, 15) is 0 Å². The smallest absolute Gasteiger partial charge is 0.0755 e. The summed E-state index contributed by atoms with van der Waals surface area (Å²) >= 11 is 12.8. The molecular weight excluding hydrogens is 315 g/mol. The number of aryl methyl sites for hydroxylation is 2. The topological polar surface area (TPSA) is 25.8 Å². The van der Waals surface area contributed by atoms with Crippen molar-refractivity contribution < 1.29 is 0 Å². The number of hydrogen-bond donors (Lipinski definition) is 0. The first kappa shape index (κ1) is 14.0. The van der Waals surface area contributed by atoms with E-state index in [0.717, 1.165) is 49.7 Å². The van der Waals surface area contributed by atoms with Crippen molar-refractivity contribution in [1.82, 2.24) is 9.97 Å². The van der Waals surface area contributed by atoms with Gasteiger partial charge in [0.25, 0.3) is 0 Å². The van der Waals surface area contributed by atoms with E-state index < -0.39 is 0 Å². The van der Waals surface area contributed by atoms with Crippen LogP contribution in [-0.2, 0) is 0 Å². The molecule has 2 aliphatic carbocycles. The average Bonchev–Trinajstić information content (AvgIpc) is 2.46. The Kier molecular flexibility index (Phi) is 3.14. The number of rotatable bonds is 0. The van der Waals surface area contributed by atoms with Crippen LogP contribution in [0.5, 0.6) is 0 Å². The third-order valence-corrected chi connectivity index (χ3v) is 4.89. The summed E-state index contributed by atoms with van der Waals surface area (Å²) < 4.78 is 0. The third-order valence-electron chi connectivity index (χ3n) is 4.27. The molecule has 2 heterocycles. The molecule has 2 aliphatic rings. The maximum Gasteiger partial charge on any atom is 0.0755 e. The molecule has 1 atom stereocenters. The molecule has 2 nitrogen and oxygen atoms in total. The van der Waals surface area contributed by atoms with Crippen molar-refractivity contribution in [2.75, 3.05) is 0 Å². The van der Waals surface area contributed by atoms with Gasteiger partial charge in [0.2, 0.25) is 0 Å². The quantitative estimate of drug-likeness (QED) is 0.739. The van der Waals surface area contributed by atoms with Crippen molar-refractivity contribution in [3.05, 3.63) is 61.5 Å². The Labute approximate surface area is 138 Å². The van der Waals surface area contributed by atoms with Crippen LogP contribution in [0, 0.1) is 13.8 Å². The highest BCUT2D eigenvalue weighted by Gasteiger charge is 2.27. The fraction of sp³-hybridized carbons (Fsp3) is 0.222. The lowest BCUT2D eigenvalue weighted by Gasteiger charge is -2.26. The molecule has 1 unspecified atom stereocenters. The highest BCUT2D eigenvalue weighted by Crippen LogP contribution is 2.39. The Balaban J connectivity index is 2.07. The maximum absolute atomic E-state index is 6.38. The van der Waals surface area contributed by atoms with Crippen molar-refractivity contribution in [2.45, 2.75) is 26.2 Å². The second kappa shape index (κ2) is 4.94. The Morgan fingerprint density at radius 1 is 1.00 bits per heavy atom. The van der Waals surface area contributed by atoms with Crippen LogP contribution >= 0.6 is 23.2 Å². The van der Waals surface area contributed by atoms with Gasteiger partial charge in [-0.15, -0.1) is 0 Å². The van der Waals surface area contributed by atoms with Crippen LogP contribution in [0.15, 0.2) is 18.2 Å². The number of pyridine rings is 2. The van der Waals surface area contributed by atoms with E-state index in [4.69, 9.17) is 33.2 Å². The summed E-state index contributed by atoms with van der Waals surface area (Å²) in [6.07, 6.45) is 7.20. The Morgan fingerprint density at radius 3 is 2.55 bits per heavy atom. The molecule has 110 valence electrons. The number of fused-ring (bicyclic) bond motifs is 4. The van der Waals surface area contributed by atoms with Gasteiger partial charge < -0.3 is 0 Å². The summed E-state index contributed by atoms with van der Waals surface area (Å²) in [5.41, 5.74) is 5.13. The number of halogens is 2. The van der Waals surface area contributed by atoms with Gasteiger partial charge in [-0.05, 0) is 38.0 Å². The van der Waals surface area contributed by atoms with E-state index in [0.29, 0.717) is 0 Å². The molecule has 2 aromatic heterocycles. The maximum atomic E-state index is 6.38.